The molecule has 0 heterocycles. The number of phosphoric acid groups is 1. The van der Waals surface area contributed by atoms with Gasteiger partial charge in [-0.15, -0.1) is 0 Å². The summed E-state index contributed by atoms with van der Waals surface area (Å²) in [6, 6.07) is 0. The number of unbranched alkanes of at least 4 members (excludes halogenated alkanes) is 27. The summed E-state index contributed by atoms with van der Waals surface area (Å²) in [5.41, 5.74) is 0. The summed E-state index contributed by atoms with van der Waals surface area (Å²) in [5, 5.41) is 19.1. The van der Waals surface area contributed by atoms with Crippen molar-refractivity contribution in [1.29, 1.82) is 0 Å². The third kappa shape index (κ3) is 36.0. The fourth-order valence-electron chi connectivity index (χ4n) is 6.23. The van der Waals surface area contributed by atoms with Gasteiger partial charge in [-0.05, 0) is 12.8 Å². The van der Waals surface area contributed by atoms with Crippen molar-refractivity contribution < 1.29 is 47.8 Å². The molecule has 0 fully saturated rings. The van der Waals surface area contributed by atoms with E-state index in [9.17, 15) is 29.3 Å². The molecule has 0 aromatic carbocycles. The van der Waals surface area contributed by atoms with Gasteiger partial charge in [0.15, 0.2) is 0 Å². The van der Waals surface area contributed by atoms with Crippen molar-refractivity contribution in [2.75, 3.05) is 26.4 Å². The highest BCUT2D eigenvalue weighted by Crippen LogP contribution is 2.43. The summed E-state index contributed by atoms with van der Waals surface area (Å²) in [6.07, 6.45) is 33.6. The zero-order valence-electron chi connectivity index (χ0n) is 33.6. The molecule has 0 spiro atoms. The van der Waals surface area contributed by atoms with E-state index < -0.39 is 58.4 Å². The minimum absolute atomic E-state index is 0.199. The molecule has 3 unspecified atom stereocenters. The Labute approximate surface area is 318 Å². The Morgan fingerprint density at radius 3 is 0.904 bits per heavy atom. The first-order chi connectivity index (χ1) is 25.3. The summed E-state index contributed by atoms with van der Waals surface area (Å²) >= 11 is 0. The van der Waals surface area contributed by atoms with Gasteiger partial charge in [-0.2, -0.15) is 0 Å². The number of esters is 2. The molecule has 310 valence electrons. The number of aliphatic hydroxyl groups is 2. The lowest BCUT2D eigenvalue weighted by Crippen LogP contribution is -2.28. The largest absolute Gasteiger partial charge is 0.472 e. The summed E-state index contributed by atoms with van der Waals surface area (Å²) < 4.78 is 32.5. The van der Waals surface area contributed by atoms with Crippen molar-refractivity contribution in [3.63, 3.8) is 0 Å². The molecule has 3 atom stereocenters. The molecule has 52 heavy (non-hydrogen) atoms. The van der Waals surface area contributed by atoms with E-state index in [1.165, 1.54) is 135 Å². The monoisotopic (exact) mass is 765 g/mol. The summed E-state index contributed by atoms with van der Waals surface area (Å²) in [6.45, 7) is 2.23. The Bertz CT molecular complexity index is 842. The fourth-order valence-corrected chi connectivity index (χ4v) is 7.02. The van der Waals surface area contributed by atoms with Gasteiger partial charge in [-0.1, -0.05) is 187 Å². The van der Waals surface area contributed by atoms with Gasteiger partial charge in [0.25, 0.3) is 0 Å². The normalized spacial score (nSPS) is 13.9. The van der Waals surface area contributed by atoms with Crippen LogP contribution in [0.1, 0.15) is 213 Å². The van der Waals surface area contributed by atoms with E-state index in [0.717, 1.165) is 38.5 Å². The summed E-state index contributed by atoms with van der Waals surface area (Å²) in [7, 11) is -4.62. The molecule has 0 bridgehead atoms. The van der Waals surface area contributed by atoms with E-state index in [2.05, 4.69) is 13.8 Å². The van der Waals surface area contributed by atoms with Crippen LogP contribution in [0.4, 0.5) is 0 Å². The molecule has 0 aliphatic carbocycles. The number of ether oxygens (including phenoxy) is 2. The first-order valence-corrected chi connectivity index (χ1v) is 23.0. The third-order valence-corrected chi connectivity index (χ3v) is 10.5. The lowest BCUT2D eigenvalue weighted by atomic mass is 10.0. The van der Waals surface area contributed by atoms with Crippen LogP contribution < -0.4 is 0 Å². The van der Waals surface area contributed by atoms with Crippen molar-refractivity contribution >= 4 is 19.8 Å². The van der Waals surface area contributed by atoms with Gasteiger partial charge in [0.05, 0.1) is 26.4 Å². The molecule has 0 saturated heterocycles. The maximum atomic E-state index is 12.3. The SMILES string of the molecule is CCCCCCCCCCCCCCCCCCCC(=O)OC(CO)COP(=O)(O)OCC(CO)OC(=O)CCCCCCCCCCCCCC. The maximum absolute atomic E-state index is 12.3. The molecule has 11 heteroatoms. The summed E-state index contributed by atoms with van der Waals surface area (Å²) in [4.78, 5) is 34.4. The molecule has 0 radical (unpaired) electrons. The first-order valence-electron chi connectivity index (χ1n) is 21.5. The Morgan fingerprint density at radius 2 is 0.673 bits per heavy atom. The minimum atomic E-state index is -4.62. The van der Waals surface area contributed by atoms with Gasteiger partial charge in [-0.3, -0.25) is 18.6 Å². The smallest absolute Gasteiger partial charge is 0.457 e. The van der Waals surface area contributed by atoms with Gasteiger partial charge in [0, 0.05) is 12.8 Å². The second kappa shape index (κ2) is 38.3. The van der Waals surface area contributed by atoms with Gasteiger partial charge in [0.2, 0.25) is 0 Å². The van der Waals surface area contributed by atoms with Crippen LogP contribution in [-0.4, -0.2) is 65.7 Å². The average Bonchev–Trinajstić information content (AvgIpc) is 3.13. The number of carbonyl (C=O) groups excluding carboxylic acids is 2. The zero-order valence-corrected chi connectivity index (χ0v) is 34.4. The van der Waals surface area contributed by atoms with Crippen LogP contribution in [0.15, 0.2) is 0 Å². The van der Waals surface area contributed by atoms with Crippen LogP contribution in [-0.2, 0) is 32.7 Å². The van der Waals surface area contributed by atoms with E-state index >= 15 is 0 Å². The highest BCUT2D eigenvalue weighted by molar-refractivity contribution is 7.47. The number of aliphatic hydroxyl groups excluding tert-OH is 2. The first kappa shape index (κ1) is 51.0. The summed E-state index contributed by atoms with van der Waals surface area (Å²) in [5.74, 6) is -1.01. The Kier molecular flexibility index (Phi) is 37.5. The Morgan fingerprint density at radius 1 is 0.442 bits per heavy atom. The number of hydrogen-bond acceptors (Lipinski definition) is 9. The number of rotatable bonds is 41. The van der Waals surface area contributed by atoms with Crippen molar-refractivity contribution in [3.8, 4) is 0 Å². The van der Waals surface area contributed by atoms with Gasteiger partial charge >= 0.3 is 19.8 Å². The minimum Gasteiger partial charge on any atom is -0.457 e. The van der Waals surface area contributed by atoms with E-state index in [1.54, 1.807) is 0 Å². The molecule has 0 aliphatic rings. The van der Waals surface area contributed by atoms with Gasteiger partial charge in [-0.25, -0.2) is 4.57 Å². The predicted octanol–water partition coefficient (Wildman–Crippen LogP) is 11.1. The van der Waals surface area contributed by atoms with E-state index in [-0.39, 0.29) is 12.8 Å². The third-order valence-electron chi connectivity index (χ3n) is 9.57. The van der Waals surface area contributed by atoms with Crippen LogP contribution in [0.3, 0.4) is 0 Å². The number of phosphoric ester groups is 1. The standard InChI is InChI=1S/C41H81O10P/c1-3-5-7-9-11-13-15-17-18-19-20-21-23-25-27-29-31-33-41(45)51-39(35-43)37-49-52(46,47)48-36-38(34-42)50-40(44)32-30-28-26-24-22-16-14-12-10-8-6-4-2/h38-39,42-43H,3-37H2,1-2H3,(H,46,47). The molecular weight excluding hydrogens is 683 g/mol. The van der Waals surface area contributed by atoms with Crippen molar-refractivity contribution in [2.45, 2.75) is 225 Å². The van der Waals surface area contributed by atoms with Crippen molar-refractivity contribution in [3.05, 3.63) is 0 Å². The van der Waals surface area contributed by atoms with E-state index in [0.29, 0.717) is 12.8 Å². The van der Waals surface area contributed by atoms with E-state index in [1.807, 2.05) is 0 Å². The van der Waals surface area contributed by atoms with Crippen molar-refractivity contribution in [1.82, 2.24) is 0 Å². The molecular formula is C41H81O10P. The topological polar surface area (TPSA) is 149 Å². The lowest BCUT2D eigenvalue weighted by Gasteiger charge is -2.20. The van der Waals surface area contributed by atoms with Crippen LogP contribution in [0.2, 0.25) is 0 Å². The predicted molar refractivity (Wildman–Crippen MR) is 210 cm³/mol. The molecule has 0 aromatic rings. The fraction of sp³-hybridized carbons (Fsp3) is 0.951. The Hall–Kier alpha value is -1.03. The maximum Gasteiger partial charge on any atom is 0.472 e. The van der Waals surface area contributed by atoms with Gasteiger partial charge in [0.1, 0.15) is 12.2 Å². The van der Waals surface area contributed by atoms with Crippen LogP contribution in [0.5, 0.6) is 0 Å². The highest BCUT2D eigenvalue weighted by Gasteiger charge is 2.27. The van der Waals surface area contributed by atoms with E-state index in [4.69, 9.17) is 18.5 Å². The van der Waals surface area contributed by atoms with Gasteiger partial charge < -0.3 is 24.6 Å². The molecule has 0 amide bonds. The molecule has 10 nitrogen and oxygen atoms in total. The molecule has 0 saturated carbocycles. The quantitative estimate of drug-likeness (QED) is 0.0312. The second-order valence-corrected chi connectivity index (χ2v) is 16.1. The highest BCUT2D eigenvalue weighted by atomic mass is 31.2. The molecule has 3 N–H and O–H groups in total. The zero-order chi connectivity index (χ0) is 38.4. The number of carbonyl (C=O) groups is 2. The molecule has 0 rings (SSSR count). The Balaban J connectivity index is 3.88. The number of hydrogen-bond donors (Lipinski definition) is 3. The van der Waals surface area contributed by atoms with Crippen molar-refractivity contribution in [2.24, 2.45) is 0 Å². The molecule has 0 aliphatic heterocycles. The average molecular weight is 765 g/mol. The van der Waals surface area contributed by atoms with Crippen LogP contribution in [0, 0.1) is 0 Å². The molecule has 0 aromatic heterocycles. The lowest BCUT2D eigenvalue weighted by molar-refractivity contribution is -0.153. The second-order valence-electron chi connectivity index (χ2n) is 14.7. The van der Waals surface area contributed by atoms with Crippen LogP contribution in [0.25, 0.3) is 0 Å². The van der Waals surface area contributed by atoms with Crippen LogP contribution >= 0.6 is 7.82 Å².